The van der Waals surface area contributed by atoms with E-state index in [1.54, 1.807) is 0 Å². The number of hydrogen-bond acceptors (Lipinski definition) is 1. The van der Waals surface area contributed by atoms with E-state index in [2.05, 4.69) is 116 Å². The monoisotopic (exact) mass is 477 g/mol. The predicted octanol–water partition coefficient (Wildman–Crippen LogP) is 8.29. The fourth-order valence-corrected chi connectivity index (χ4v) is 3.75. The summed E-state index contributed by atoms with van der Waals surface area (Å²) in [5.41, 5.74) is 6.91. The van der Waals surface area contributed by atoms with Gasteiger partial charge in [0.15, 0.2) is 0 Å². The van der Waals surface area contributed by atoms with Crippen LogP contribution in [-0.4, -0.2) is 0 Å². The zero-order chi connectivity index (χ0) is 18.6. The van der Waals surface area contributed by atoms with Gasteiger partial charge in [-0.3, -0.25) is 0 Å². The summed E-state index contributed by atoms with van der Waals surface area (Å²) in [7, 11) is 0. The molecular formula is C24H17Br2N. The molecule has 0 aliphatic rings. The third-order valence-corrected chi connectivity index (χ3v) is 5.43. The van der Waals surface area contributed by atoms with E-state index >= 15 is 0 Å². The summed E-state index contributed by atoms with van der Waals surface area (Å²) in [5, 5.41) is 3.56. The lowest BCUT2D eigenvalue weighted by Gasteiger charge is -2.16. The van der Waals surface area contributed by atoms with Crippen molar-refractivity contribution in [3.05, 3.63) is 106 Å². The summed E-state index contributed by atoms with van der Waals surface area (Å²) in [6.07, 6.45) is 0. The molecule has 0 spiro atoms. The molecule has 0 saturated heterocycles. The first kappa shape index (κ1) is 18.0. The third kappa shape index (κ3) is 4.15. The molecular weight excluding hydrogens is 462 g/mol. The molecule has 27 heavy (non-hydrogen) atoms. The SMILES string of the molecule is Brc1ccc(Nc2ccc(Br)cc2-c2ccccc2-c2ccccc2)cc1. The summed E-state index contributed by atoms with van der Waals surface area (Å²) in [6, 6.07) is 33.6. The van der Waals surface area contributed by atoms with Crippen LogP contribution in [0.4, 0.5) is 11.4 Å². The van der Waals surface area contributed by atoms with Gasteiger partial charge >= 0.3 is 0 Å². The van der Waals surface area contributed by atoms with Crippen LogP contribution < -0.4 is 5.32 Å². The Bertz CT molecular complexity index is 1060. The second-order valence-electron chi connectivity index (χ2n) is 6.23. The second kappa shape index (κ2) is 8.12. The summed E-state index contributed by atoms with van der Waals surface area (Å²) in [5.74, 6) is 0. The maximum Gasteiger partial charge on any atom is 0.0464 e. The molecule has 0 aliphatic carbocycles. The molecule has 0 aliphatic heterocycles. The lowest BCUT2D eigenvalue weighted by molar-refractivity contribution is 1.51. The largest absolute Gasteiger partial charge is 0.355 e. The van der Waals surface area contributed by atoms with Crippen molar-refractivity contribution in [1.29, 1.82) is 0 Å². The minimum absolute atomic E-state index is 1.05. The molecule has 0 heterocycles. The second-order valence-corrected chi connectivity index (χ2v) is 8.06. The summed E-state index contributed by atoms with van der Waals surface area (Å²) in [6.45, 7) is 0. The molecule has 4 aromatic carbocycles. The number of nitrogens with one attached hydrogen (secondary N) is 1. The van der Waals surface area contributed by atoms with E-state index < -0.39 is 0 Å². The van der Waals surface area contributed by atoms with E-state index in [4.69, 9.17) is 0 Å². The molecule has 0 aromatic heterocycles. The van der Waals surface area contributed by atoms with Crippen molar-refractivity contribution in [2.45, 2.75) is 0 Å². The molecule has 3 heteroatoms. The van der Waals surface area contributed by atoms with Gasteiger partial charge in [-0.05, 0) is 59.2 Å². The van der Waals surface area contributed by atoms with Crippen molar-refractivity contribution in [2.75, 3.05) is 5.32 Å². The highest BCUT2D eigenvalue weighted by atomic mass is 79.9. The van der Waals surface area contributed by atoms with Crippen molar-refractivity contribution in [3.63, 3.8) is 0 Å². The van der Waals surface area contributed by atoms with Gasteiger partial charge in [0.1, 0.15) is 0 Å². The smallest absolute Gasteiger partial charge is 0.0464 e. The minimum Gasteiger partial charge on any atom is -0.355 e. The maximum atomic E-state index is 3.64. The standard InChI is InChI=1S/C24H17Br2N/c25-18-10-13-20(14-11-18)27-24-15-12-19(26)16-23(24)22-9-5-4-8-21(22)17-6-2-1-3-7-17/h1-16,27H. The highest BCUT2D eigenvalue weighted by molar-refractivity contribution is 9.10. The molecule has 4 aromatic rings. The zero-order valence-corrected chi connectivity index (χ0v) is 17.7. The van der Waals surface area contributed by atoms with Gasteiger partial charge in [-0.25, -0.2) is 0 Å². The Morgan fingerprint density at radius 3 is 1.89 bits per heavy atom. The van der Waals surface area contributed by atoms with E-state index in [-0.39, 0.29) is 0 Å². The molecule has 0 saturated carbocycles. The molecule has 4 rings (SSSR count). The van der Waals surface area contributed by atoms with Gasteiger partial charge in [0, 0.05) is 25.9 Å². The first-order chi connectivity index (χ1) is 13.2. The van der Waals surface area contributed by atoms with Crippen molar-refractivity contribution in [3.8, 4) is 22.3 Å². The van der Waals surface area contributed by atoms with E-state index in [0.29, 0.717) is 0 Å². The first-order valence-electron chi connectivity index (χ1n) is 8.68. The molecule has 0 atom stereocenters. The number of anilines is 2. The molecule has 0 bridgehead atoms. The highest BCUT2D eigenvalue weighted by Gasteiger charge is 2.12. The van der Waals surface area contributed by atoms with Crippen LogP contribution in [0.5, 0.6) is 0 Å². The van der Waals surface area contributed by atoms with E-state index in [9.17, 15) is 0 Å². The lowest BCUT2D eigenvalue weighted by atomic mass is 9.93. The van der Waals surface area contributed by atoms with Crippen molar-refractivity contribution >= 4 is 43.2 Å². The van der Waals surface area contributed by atoms with Gasteiger partial charge in [-0.1, -0.05) is 86.5 Å². The van der Waals surface area contributed by atoms with Gasteiger partial charge in [0.2, 0.25) is 0 Å². The third-order valence-electron chi connectivity index (χ3n) is 4.41. The topological polar surface area (TPSA) is 12.0 Å². The van der Waals surface area contributed by atoms with Gasteiger partial charge in [-0.15, -0.1) is 0 Å². The Kier molecular flexibility index (Phi) is 5.42. The normalized spacial score (nSPS) is 10.6. The van der Waals surface area contributed by atoms with Crippen molar-refractivity contribution < 1.29 is 0 Å². The zero-order valence-electron chi connectivity index (χ0n) is 14.5. The average Bonchev–Trinajstić information content (AvgIpc) is 2.72. The van der Waals surface area contributed by atoms with Crippen LogP contribution in [-0.2, 0) is 0 Å². The quantitative estimate of drug-likeness (QED) is 0.311. The first-order valence-corrected chi connectivity index (χ1v) is 10.3. The average molecular weight is 479 g/mol. The number of benzene rings is 4. The molecule has 1 N–H and O–H groups in total. The van der Waals surface area contributed by atoms with E-state index in [1.807, 2.05) is 18.2 Å². The summed E-state index contributed by atoms with van der Waals surface area (Å²) < 4.78 is 2.13. The van der Waals surface area contributed by atoms with E-state index in [0.717, 1.165) is 25.9 Å². The fraction of sp³-hybridized carbons (Fsp3) is 0. The Hall–Kier alpha value is -2.36. The van der Waals surface area contributed by atoms with Crippen molar-refractivity contribution in [1.82, 2.24) is 0 Å². The van der Waals surface area contributed by atoms with Crippen LogP contribution in [0, 0.1) is 0 Å². The van der Waals surface area contributed by atoms with Crippen LogP contribution >= 0.6 is 31.9 Å². The summed E-state index contributed by atoms with van der Waals surface area (Å²) >= 11 is 7.13. The summed E-state index contributed by atoms with van der Waals surface area (Å²) in [4.78, 5) is 0. The molecule has 0 fully saturated rings. The van der Waals surface area contributed by atoms with Crippen molar-refractivity contribution in [2.24, 2.45) is 0 Å². The van der Waals surface area contributed by atoms with E-state index in [1.165, 1.54) is 16.7 Å². The van der Waals surface area contributed by atoms with Crippen LogP contribution in [0.3, 0.4) is 0 Å². The number of halogens is 2. The Balaban J connectivity index is 1.83. The lowest BCUT2D eigenvalue weighted by Crippen LogP contribution is -1.95. The van der Waals surface area contributed by atoms with Crippen LogP contribution in [0.25, 0.3) is 22.3 Å². The predicted molar refractivity (Wildman–Crippen MR) is 122 cm³/mol. The van der Waals surface area contributed by atoms with Gasteiger partial charge in [0.25, 0.3) is 0 Å². The highest BCUT2D eigenvalue weighted by Crippen LogP contribution is 2.38. The Morgan fingerprint density at radius 1 is 0.519 bits per heavy atom. The van der Waals surface area contributed by atoms with Gasteiger partial charge < -0.3 is 5.32 Å². The molecule has 1 nitrogen and oxygen atoms in total. The van der Waals surface area contributed by atoms with Crippen LogP contribution in [0.2, 0.25) is 0 Å². The Labute approximate surface area is 176 Å². The molecule has 0 amide bonds. The molecule has 0 radical (unpaired) electrons. The fourth-order valence-electron chi connectivity index (χ4n) is 3.12. The van der Waals surface area contributed by atoms with Crippen LogP contribution in [0.15, 0.2) is 106 Å². The molecule has 132 valence electrons. The number of rotatable bonds is 4. The Morgan fingerprint density at radius 2 is 1.15 bits per heavy atom. The van der Waals surface area contributed by atoms with Crippen LogP contribution in [0.1, 0.15) is 0 Å². The number of hydrogen-bond donors (Lipinski definition) is 1. The maximum absolute atomic E-state index is 3.64. The minimum atomic E-state index is 1.05. The molecule has 0 unspecified atom stereocenters. The van der Waals surface area contributed by atoms with Gasteiger partial charge in [-0.2, -0.15) is 0 Å². The van der Waals surface area contributed by atoms with Gasteiger partial charge in [0.05, 0.1) is 0 Å².